The van der Waals surface area contributed by atoms with Crippen LogP contribution in [0, 0.1) is 0 Å². The van der Waals surface area contributed by atoms with Crippen LogP contribution in [-0.4, -0.2) is 31.7 Å². The van der Waals surface area contributed by atoms with Gasteiger partial charge in [0.2, 0.25) is 5.91 Å². The first-order valence-corrected chi connectivity index (χ1v) is 6.24. The second kappa shape index (κ2) is 5.99. The summed E-state index contributed by atoms with van der Waals surface area (Å²) in [7, 11) is 0. The summed E-state index contributed by atoms with van der Waals surface area (Å²) in [6, 6.07) is 2.65. The molecule has 1 saturated heterocycles. The number of ether oxygens (including phenoxy) is 1. The van der Waals surface area contributed by atoms with Crippen LogP contribution in [-0.2, 0) is 15.7 Å². The number of halogens is 4. The second-order valence-electron chi connectivity index (χ2n) is 4.26. The molecule has 1 amide bonds. The molecule has 1 aliphatic heterocycles. The highest BCUT2D eigenvalue weighted by molar-refractivity contribution is 6.31. The fourth-order valence-corrected chi connectivity index (χ4v) is 2.01. The van der Waals surface area contributed by atoms with Crippen molar-refractivity contribution in [2.45, 2.75) is 12.2 Å². The number of hydrogen-bond donors (Lipinski definition) is 2. The SMILES string of the molecule is O=C(Nc1ccc(Cl)c(C(F)(F)F)c1)[C@@H]1COCCN1. The molecule has 0 unspecified atom stereocenters. The normalized spacial score (nSPS) is 19.7. The molecule has 20 heavy (non-hydrogen) atoms. The van der Waals surface area contributed by atoms with Gasteiger partial charge in [-0.15, -0.1) is 0 Å². The average Bonchev–Trinajstić information content (AvgIpc) is 2.40. The fourth-order valence-electron chi connectivity index (χ4n) is 1.78. The van der Waals surface area contributed by atoms with Crippen LogP contribution in [0.15, 0.2) is 18.2 Å². The minimum atomic E-state index is -4.57. The van der Waals surface area contributed by atoms with Crippen molar-refractivity contribution in [3.63, 3.8) is 0 Å². The maximum Gasteiger partial charge on any atom is 0.417 e. The van der Waals surface area contributed by atoms with E-state index in [9.17, 15) is 18.0 Å². The molecule has 2 rings (SSSR count). The molecule has 0 bridgehead atoms. The lowest BCUT2D eigenvalue weighted by molar-refractivity contribution is -0.137. The number of morpholine rings is 1. The zero-order chi connectivity index (χ0) is 14.8. The number of anilines is 1. The van der Waals surface area contributed by atoms with Crippen LogP contribution in [0.2, 0.25) is 5.02 Å². The molecule has 1 aliphatic rings. The summed E-state index contributed by atoms with van der Waals surface area (Å²) in [6.45, 7) is 1.21. The lowest BCUT2D eigenvalue weighted by Gasteiger charge is -2.23. The van der Waals surface area contributed by atoms with Gasteiger partial charge in [-0.1, -0.05) is 11.6 Å². The van der Waals surface area contributed by atoms with Gasteiger partial charge in [-0.2, -0.15) is 13.2 Å². The monoisotopic (exact) mass is 308 g/mol. The molecule has 1 aromatic carbocycles. The number of amides is 1. The zero-order valence-corrected chi connectivity index (χ0v) is 11.0. The molecule has 0 aliphatic carbocycles. The van der Waals surface area contributed by atoms with Gasteiger partial charge in [-0.05, 0) is 18.2 Å². The van der Waals surface area contributed by atoms with E-state index in [1.165, 1.54) is 6.07 Å². The number of carbonyl (C=O) groups excluding carboxylic acids is 1. The van der Waals surface area contributed by atoms with Gasteiger partial charge in [0, 0.05) is 12.2 Å². The van der Waals surface area contributed by atoms with E-state index in [1.54, 1.807) is 0 Å². The molecule has 1 heterocycles. The summed E-state index contributed by atoms with van der Waals surface area (Å²) < 4.78 is 43.2. The second-order valence-corrected chi connectivity index (χ2v) is 4.67. The standard InChI is InChI=1S/C12H12ClF3N2O2/c13-9-2-1-7(5-8(9)12(14,15)16)18-11(19)10-6-20-4-3-17-10/h1-2,5,10,17H,3-4,6H2,(H,18,19)/t10-/m0/s1. The molecular weight excluding hydrogens is 297 g/mol. The number of hydrogen-bond acceptors (Lipinski definition) is 3. The maximum absolute atomic E-state index is 12.7. The predicted molar refractivity (Wildman–Crippen MR) is 67.7 cm³/mol. The van der Waals surface area contributed by atoms with Crippen LogP contribution >= 0.6 is 11.6 Å². The van der Waals surface area contributed by atoms with Crippen molar-refractivity contribution in [3.8, 4) is 0 Å². The van der Waals surface area contributed by atoms with Crippen molar-refractivity contribution in [2.75, 3.05) is 25.1 Å². The lowest BCUT2D eigenvalue weighted by atomic mass is 10.1. The van der Waals surface area contributed by atoms with Crippen LogP contribution in [0.25, 0.3) is 0 Å². The number of rotatable bonds is 2. The zero-order valence-electron chi connectivity index (χ0n) is 10.3. The minimum absolute atomic E-state index is 0.0408. The van der Waals surface area contributed by atoms with E-state index in [0.29, 0.717) is 13.2 Å². The van der Waals surface area contributed by atoms with E-state index >= 15 is 0 Å². The van der Waals surface area contributed by atoms with E-state index in [2.05, 4.69) is 10.6 Å². The summed E-state index contributed by atoms with van der Waals surface area (Å²) in [5, 5.41) is 4.91. The number of nitrogens with one attached hydrogen (secondary N) is 2. The molecule has 1 aromatic rings. The van der Waals surface area contributed by atoms with Gasteiger partial charge in [-0.25, -0.2) is 0 Å². The lowest BCUT2D eigenvalue weighted by Crippen LogP contribution is -2.48. The molecule has 1 fully saturated rings. The van der Waals surface area contributed by atoms with Gasteiger partial charge in [0.15, 0.2) is 0 Å². The van der Waals surface area contributed by atoms with Crippen LogP contribution in [0.1, 0.15) is 5.56 Å². The Labute approximate surface area is 118 Å². The highest BCUT2D eigenvalue weighted by atomic mass is 35.5. The van der Waals surface area contributed by atoms with Gasteiger partial charge in [0.05, 0.1) is 23.8 Å². The topological polar surface area (TPSA) is 50.4 Å². The molecule has 0 radical (unpaired) electrons. The molecule has 0 spiro atoms. The largest absolute Gasteiger partial charge is 0.417 e. The molecule has 1 atom stereocenters. The quantitative estimate of drug-likeness (QED) is 0.881. The summed E-state index contributed by atoms with van der Waals surface area (Å²) >= 11 is 5.50. The van der Waals surface area contributed by atoms with Gasteiger partial charge in [0.25, 0.3) is 0 Å². The molecular formula is C12H12ClF3N2O2. The van der Waals surface area contributed by atoms with E-state index in [1.807, 2.05) is 0 Å². The third-order valence-corrected chi connectivity index (χ3v) is 3.11. The van der Waals surface area contributed by atoms with Crippen molar-refractivity contribution >= 4 is 23.2 Å². The Balaban J connectivity index is 2.11. The van der Waals surface area contributed by atoms with Crippen LogP contribution in [0.4, 0.5) is 18.9 Å². The van der Waals surface area contributed by atoms with Gasteiger partial charge in [-0.3, -0.25) is 4.79 Å². The van der Waals surface area contributed by atoms with E-state index < -0.39 is 28.7 Å². The molecule has 0 aromatic heterocycles. The predicted octanol–water partition coefficient (Wildman–Crippen LogP) is 2.29. The van der Waals surface area contributed by atoms with Crippen molar-refractivity contribution in [1.29, 1.82) is 0 Å². The third kappa shape index (κ3) is 3.62. The first-order chi connectivity index (χ1) is 9.38. The Morgan fingerprint density at radius 1 is 1.45 bits per heavy atom. The van der Waals surface area contributed by atoms with Crippen molar-refractivity contribution < 1.29 is 22.7 Å². The first-order valence-electron chi connectivity index (χ1n) is 5.86. The molecule has 0 saturated carbocycles. The summed E-state index contributed by atoms with van der Waals surface area (Å²) in [4.78, 5) is 11.8. The maximum atomic E-state index is 12.7. The smallest absolute Gasteiger partial charge is 0.378 e. The average molecular weight is 309 g/mol. The van der Waals surface area contributed by atoms with Crippen LogP contribution < -0.4 is 10.6 Å². The van der Waals surface area contributed by atoms with Gasteiger partial charge < -0.3 is 15.4 Å². The van der Waals surface area contributed by atoms with E-state index in [4.69, 9.17) is 16.3 Å². The Morgan fingerprint density at radius 3 is 2.80 bits per heavy atom. The Hall–Kier alpha value is -1.31. The molecule has 2 N–H and O–H groups in total. The summed E-state index contributed by atoms with van der Waals surface area (Å²) in [5.74, 6) is -0.444. The van der Waals surface area contributed by atoms with Crippen LogP contribution in [0.5, 0.6) is 0 Å². The Kier molecular flexibility index (Phi) is 4.52. The minimum Gasteiger partial charge on any atom is -0.378 e. The molecule has 8 heteroatoms. The summed E-state index contributed by atoms with van der Waals surface area (Å²) in [5.41, 5.74) is -0.941. The highest BCUT2D eigenvalue weighted by Gasteiger charge is 2.33. The number of alkyl halides is 3. The van der Waals surface area contributed by atoms with Crippen molar-refractivity contribution in [1.82, 2.24) is 5.32 Å². The Morgan fingerprint density at radius 2 is 2.20 bits per heavy atom. The number of benzene rings is 1. The summed E-state index contributed by atoms with van der Waals surface area (Å²) in [6.07, 6.45) is -4.57. The van der Waals surface area contributed by atoms with Gasteiger partial charge in [0.1, 0.15) is 6.04 Å². The van der Waals surface area contributed by atoms with Gasteiger partial charge >= 0.3 is 6.18 Å². The Bertz CT molecular complexity index is 502. The van der Waals surface area contributed by atoms with Crippen LogP contribution in [0.3, 0.4) is 0 Å². The van der Waals surface area contributed by atoms with E-state index in [-0.39, 0.29) is 12.3 Å². The highest BCUT2D eigenvalue weighted by Crippen LogP contribution is 2.36. The fraction of sp³-hybridized carbons (Fsp3) is 0.417. The van der Waals surface area contributed by atoms with Crippen molar-refractivity contribution in [3.05, 3.63) is 28.8 Å². The first kappa shape index (κ1) is 15.1. The van der Waals surface area contributed by atoms with Crippen molar-refractivity contribution in [2.24, 2.45) is 0 Å². The third-order valence-electron chi connectivity index (χ3n) is 2.78. The van der Waals surface area contributed by atoms with E-state index in [0.717, 1.165) is 12.1 Å². The molecule has 4 nitrogen and oxygen atoms in total. The molecule has 110 valence electrons. The number of carbonyl (C=O) groups is 1.